The fourth-order valence-electron chi connectivity index (χ4n) is 4.46. The molecule has 2 unspecified atom stereocenters. The van der Waals surface area contributed by atoms with Gasteiger partial charge in [0, 0.05) is 17.7 Å². The van der Waals surface area contributed by atoms with Gasteiger partial charge in [0.15, 0.2) is 0 Å². The summed E-state index contributed by atoms with van der Waals surface area (Å²) in [5.74, 6) is 0.345. The molecule has 7 nitrogen and oxygen atoms in total. The van der Waals surface area contributed by atoms with E-state index in [4.69, 9.17) is 10.5 Å². The van der Waals surface area contributed by atoms with Crippen LogP contribution in [-0.2, 0) is 6.54 Å². The number of fused-ring (bicyclic) bond motifs is 2. The van der Waals surface area contributed by atoms with Gasteiger partial charge in [0.25, 0.3) is 5.91 Å². The minimum absolute atomic E-state index is 0.0706. The Morgan fingerprint density at radius 1 is 1.10 bits per heavy atom. The Hall–Kier alpha value is -3.45. The summed E-state index contributed by atoms with van der Waals surface area (Å²) in [6, 6.07) is 11.7. The summed E-state index contributed by atoms with van der Waals surface area (Å²) in [6.07, 6.45) is -1.01. The van der Waals surface area contributed by atoms with Crippen LogP contribution >= 0.6 is 0 Å². The monoisotopic (exact) mass is 404 g/mol. The Morgan fingerprint density at radius 3 is 2.53 bits per heavy atom. The van der Waals surface area contributed by atoms with Crippen molar-refractivity contribution in [2.24, 2.45) is 0 Å². The second-order valence-corrected chi connectivity index (χ2v) is 8.38. The lowest BCUT2D eigenvalue weighted by atomic mass is 9.84. The summed E-state index contributed by atoms with van der Waals surface area (Å²) >= 11 is 0. The van der Waals surface area contributed by atoms with Crippen molar-refractivity contribution in [2.75, 3.05) is 5.73 Å². The summed E-state index contributed by atoms with van der Waals surface area (Å²) < 4.78 is 6.01. The van der Waals surface area contributed by atoms with Gasteiger partial charge in [-0.25, -0.2) is 0 Å². The third kappa shape index (κ3) is 2.39. The molecule has 30 heavy (non-hydrogen) atoms. The van der Waals surface area contributed by atoms with Crippen molar-refractivity contribution in [3.05, 3.63) is 79.6 Å². The van der Waals surface area contributed by atoms with Crippen LogP contribution in [0.2, 0.25) is 0 Å². The Bertz CT molecular complexity index is 1290. The number of hydrogen-bond donors (Lipinski definition) is 2. The lowest BCUT2D eigenvalue weighted by molar-refractivity contribution is -0.0867. The molecular formula is C23H20N2O5. The Morgan fingerprint density at radius 2 is 1.83 bits per heavy atom. The maximum absolute atomic E-state index is 13.1. The number of rotatable bonds is 2. The number of anilines is 1. The predicted octanol–water partition coefficient (Wildman–Crippen LogP) is 1.76. The number of hydrogen-bond acceptors (Lipinski definition) is 6. The number of benzene rings is 2. The first-order valence-corrected chi connectivity index (χ1v) is 9.70. The van der Waals surface area contributed by atoms with Crippen molar-refractivity contribution in [1.82, 2.24) is 4.90 Å². The van der Waals surface area contributed by atoms with Gasteiger partial charge in [0.2, 0.25) is 10.9 Å². The fourth-order valence-corrected chi connectivity index (χ4v) is 4.46. The highest BCUT2D eigenvalue weighted by atomic mass is 16.5. The van der Waals surface area contributed by atoms with E-state index in [0.29, 0.717) is 29.0 Å². The normalized spacial score (nSPS) is 22.0. The molecule has 152 valence electrons. The summed E-state index contributed by atoms with van der Waals surface area (Å²) in [5.41, 5.74) is 6.12. The van der Waals surface area contributed by atoms with Crippen molar-refractivity contribution < 1.29 is 14.6 Å². The second kappa shape index (κ2) is 6.03. The van der Waals surface area contributed by atoms with E-state index in [0.717, 1.165) is 5.56 Å². The molecule has 0 bridgehead atoms. The van der Waals surface area contributed by atoms with Crippen molar-refractivity contribution in [1.29, 1.82) is 0 Å². The second-order valence-electron chi connectivity index (χ2n) is 8.38. The lowest BCUT2D eigenvalue weighted by Crippen LogP contribution is -2.53. The third-order valence-electron chi connectivity index (χ3n) is 6.13. The minimum atomic E-state index is -1.01. The van der Waals surface area contributed by atoms with E-state index < -0.39 is 28.6 Å². The predicted molar refractivity (Wildman–Crippen MR) is 111 cm³/mol. The summed E-state index contributed by atoms with van der Waals surface area (Å²) in [5, 5.41) is 11.2. The highest BCUT2D eigenvalue weighted by molar-refractivity contribution is 5.98. The van der Waals surface area contributed by atoms with Gasteiger partial charge in [0.1, 0.15) is 17.5 Å². The number of carbonyl (C=O) groups excluding carboxylic acids is 1. The van der Waals surface area contributed by atoms with Crippen LogP contribution in [0.5, 0.6) is 5.75 Å². The Balaban J connectivity index is 1.65. The quantitative estimate of drug-likeness (QED) is 0.630. The van der Waals surface area contributed by atoms with Gasteiger partial charge in [0.05, 0.1) is 17.3 Å². The topological polar surface area (TPSA) is 110 Å². The standard InChI is InChI=1S/C23H20N2O5/c1-23(2)21(28)18(25-10-12-5-3-4-6-13(12)22(25)29)14-9-11(7-8-15(14)30-23)16-17(24)20(27)19(16)26/h3-9,18,21,28H,10,24H2,1-2H3. The number of aliphatic hydroxyl groups excluding tert-OH is 1. The number of ether oxygens (including phenoxy) is 1. The van der Waals surface area contributed by atoms with E-state index in [1.807, 2.05) is 18.2 Å². The van der Waals surface area contributed by atoms with Crippen molar-refractivity contribution >= 4 is 11.6 Å². The van der Waals surface area contributed by atoms with Gasteiger partial charge in [-0.05, 0) is 43.2 Å². The Labute approximate surface area is 172 Å². The number of nitrogens with two attached hydrogens (primary N) is 1. The molecular weight excluding hydrogens is 384 g/mol. The highest BCUT2D eigenvalue weighted by Crippen LogP contribution is 2.46. The lowest BCUT2D eigenvalue weighted by Gasteiger charge is -2.45. The van der Waals surface area contributed by atoms with Crippen molar-refractivity contribution in [2.45, 2.75) is 38.1 Å². The molecule has 0 radical (unpaired) electrons. The van der Waals surface area contributed by atoms with E-state index in [-0.39, 0.29) is 17.2 Å². The van der Waals surface area contributed by atoms with Crippen LogP contribution in [0.3, 0.4) is 0 Å². The van der Waals surface area contributed by atoms with Crippen LogP contribution in [0.1, 0.15) is 41.4 Å². The average molecular weight is 404 g/mol. The zero-order valence-electron chi connectivity index (χ0n) is 16.5. The molecule has 2 aliphatic rings. The summed E-state index contributed by atoms with van der Waals surface area (Å²) in [7, 11) is 0. The molecule has 1 amide bonds. The van der Waals surface area contributed by atoms with Crippen LogP contribution in [0.25, 0.3) is 11.1 Å². The van der Waals surface area contributed by atoms with E-state index >= 15 is 0 Å². The van der Waals surface area contributed by atoms with E-state index in [9.17, 15) is 19.5 Å². The van der Waals surface area contributed by atoms with Crippen LogP contribution in [0.4, 0.5) is 5.69 Å². The maximum atomic E-state index is 13.1. The van der Waals surface area contributed by atoms with Crippen LogP contribution < -0.4 is 21.3 Å². The zero-order chi connectivity index (χ0) is 21.4. The smallest absolute Gasteiger partial charge is 0.255 e. The molecule has 2 atom stereocenters. The number of nitrogen functional groups attached to an aromatic ring is 1. The molecule has 0 saturated heterocycles. The number of carbonyl (C=O) groups is 1. The molecule has 0 saturated carbocycles. The molecule has 3 N–H and O–H groups in total. The fraction of sp³-hybridized carbons (Fsp3) is 0.261. The maximum Gasteiger partial charge on any atom is 0.255 e. The van der Waals surface area contributed by atoms with Crippen molar-refractivity contribution in [3.8, 4) is 16.9 Å². The average Bonchev–Trinajstić information content (AvgIpc) is 3.05. The van der Waals surface area contributed by atoms with Gasteiger partial charge in [-0.2, -0.15) is 0 Å². The van der Waals surface area contributed by atoms with E-state index in [1.54, 1.807) is 43.0 Å². The van der Waals surface area contributed by atoms with Crippen molar-refractivity contribution in [3.63, 3.8) is 0 Å². The first-order chi connectivity index (χ1) is 14.2. The molecule has 0 aliphatic carbocycles. The molecule has 0 fully saturated rings. The van der Waals surface area contributed by atoms with E-state index in [2.05, 4.69) is 0 Å². The van der Waals surface area contributed by atoms with Crippen LogP contribution in [-0.4, -0.2) is 27.6 Å². The molecule has 5 rings (SSSR count). The molecule has 3 aromatic carbocycles. The molecule has 7 heteroatoms. The van der Waals surface area contributed by atoms with Crippen LogP contribution in [0, 0.1) is 0 Å². The van der Waals surface area contributed by atoms with Gasteiger partial charge >= 0.3 is 0 Å². The summed E-state index contributed by atoms with van der Waals surface area (Å²) in [6.45, 7) is 3.90. The number of amides is 1. The molecule has 2 heterocycles. The molecule has 0 aromatic heterocycles. The first-order valence-electron chi connectivity index (χ1n) is 9.70. The van der Waals surface area contributed by atoms with E-state index in [1.165, 1.54) is 0 Å². The molecule has 2 aliphatic heterocycles. The zero-order valence-corrected chi connectivity index (χ0v) is 16.5. The Kier molecular flexibility index (Phi) is 3.73. The summed E-state index contributed by atoms with van der Waals surface area (Å²) in [4.78, 5) is 38.4. The highest BCUT2D eigenvalue weighted by Gasteiger charge is 2.48. The SMILES string of the molecule is CC1(C)Oc2ccc(-c3c(N)c(=O)c3=O)cc2C(N2Cc3ccccc3C2=O)C1O. The minimum Gasteiger partial charge on any atom is -0.485 e. The molecule has 0 spiro atoms. The number of nitrogens with zero attached hydrogens (tertiary/aromatic N) is 1. The largest absolute Gasteiger partial charge is 0.485 e. The number of aliphatic hydroxyl groups is 1. The molecule has 3 aromatic rings. The first kappa shape index (κ1) is 18.6. The van der Waals surface area contributed by atoms with Gasteiger partial charge in [-0.1, -0.05) is 24.3 Å². The third-order valence-corrected chi connectivity index (χ3v) is 6.13. The van der Waals surface area contributed by atoms with Crippen LogP contribution in [0.15, 0.2) is 52.1 Å². The van der Waals surface area contributed by atoms with Gasteiger partial charge < -0.3 is 20.5 Å². The van der Waals surface area contributed by atoms with Gasteiger partial charge in [-0.15, -0.1) is 0 Å². The van der Waals surface area contributed by atoms with Gasteiger partial charge in [-0.3, -0.25) is 14.4 Å².